The van der Waals surface area contributed by atoms with Gasteiger partial charge in [-0.1, -0.05) is 199 Å². The van der Waals surface area contributed by atoms with Crippen molar-refractivity contribution in [3.8, 4) is 0 Å². The Morgan fingerprint density at radius 3 is 0.870 bits per heavy atom. The van der Waals surface area contributed by atoms with Crippen LogP contribution in [0.2, 0.25) is 0 Å². The summed E-state index contributed by atoms with van der Waals surface area (Å²) in [5, 5.41) is 0. The average molecular weight is 953 g/mol. The summed E-state index contributed by atoms with van der Waals surface area (Å²) >= 11 is 0. The zero-order valence-corrected chi connectivity index (χ0v) is 44.3. The zero-order valence-electron chi connectivity index (χ0n) is 44.3. The molecule has 1 atom stereocenters. The quantitative estimate of drug-likeness (QED) is 0.0262. The average Bonchev–Trinajstić information content (AvgIpc) is 3.35. The molecule has 0 aliphatic carbocycles. The Hall–Kier alpha value is -4.45. The Kier molecular flexibility index (Phi) is 52.5. The molecule has 0 aliphatic heterocycles. The van der Waals surface area contributed by atoms with Gasteiger partial charge in [-0.15, -0.1) is 0 Å². The normalized spacial score (nSPS) is 13.1. The number of allylic oxidation sites excluding steroid dienone is 22. The van der Waals surface area contributed by atoms with E-state index in [0.29, 0.717) is 19.3 Å². The van der Waals surface area contributed by atoms with Gasteiger partial charge in [-0.2, -0.15) is 0 Å². The molecule has 0 saturated heterocycles. The van der Waals surface area contributed by atoms with Gasteiger partial charge in [0.05, 0.1) is 0 Å². The minimum Gasteiger partial charge on any atom is -0.462 e. The van der Waals surface area contributed by atoms with Gasteiger partial charge in [-0.05, 0) is 141 Å². The Labute approximate surface area is 424 Å². The molecule has 0 aromatic carbocycles. The molecule has 0 fully saturated rings. The van der Waals surface area contributed by atoms with Crippen LogP contribution in [-0.4, -0.2) is 37.2 Å². The number of hydrogen-bond acceptors (Lipinski definition) is 6. The lowest BCUT2D eigenvalue weighted by Crippen LogP contribution is -2.30. The van der Waals surface area contributed by atoms with E-state index in [1.54, 1.807) is 0 Å². The summed E-state index contributed by atoms with van der Waals surface area (Å²) in [6.45, 7) is 6.43. The molecule has 388 valence electrons. The summed E-state index contributed by atoms with van der Waals surface area (Å²) in [6.07, 6.45) is 78.7. The summed E-state index contributed by atoms with van der Waals surface area (Å²) in [5.41, 5.74) is 0. The maximum absolute atomic E-state index is 12.8. The van der Waals surface area contributed by atoms with Crippen LogP contribution in [0, 0.1) is 0 Å². The SMILES string of the molecule is CCCCC/C=C\C/C=C\C/C=C\C/C=C\CCCCCC(=O)OC[C@H](COC(=O)CCC/C=C\C/C=C\C/C=C\C/C=C\CCCCC)OC(=O)CCCC/C=C\C/C=C\C/C=C\CCCCC. The Morgan fingerprint density at radius 2 is 0.536 bits per heavy atom. The van der Waals surface area contributed by atoms with Crippen molar-refractivity contribution in [1.29, 1.82) is 0 Å². The first-order chi connectivity index (χ1) is 34.0. The van der Waals surface area contributed by atoms with Crippen molar-refractivity contribution in [2.45, 2.75) is 232 Å². The Morgan fingerprint density at radius 1 is 0.290 bits per heavy atom. The van der Waals surface area contributed by atoms with E-state index < -0.39 is 6.10 Å². The third-order valence-electron chi connectivity index (χ3n) is 11.1. The first-order valence-corrected chi connectivity index (χ1v) is 27.7. The van der Waals surface area contributed by atoms with E-state index in [-0.39, 0.29) is 44.0 Å². The van der Waals surface area contributed by atoms with E-state index in [4.69, 9.17) is 14.2 Å². The topological polar surface area (TPSA) is 78.9 Å². The van der Waals surface area contributed by atoms with Gasteiger partial charge in [-0.25, -0.2) is 0 Å². The van der Waals surface area contributed by atoms with Gasteiger partial charge < -0.3 is 14.2 Å². The highest BCUT2D eigenvalue weighted by Crippen LogP contribution is 2.11. The maximum atomic E-state index is 12.8. The number of ether oxygens (including phenoxy) is 3. The second kappa shape index (κ2) is 56.1. The van der Waals surface area contributed by atoms with Gasteiger partial charge >= 0.3 is 17.9 Å². The second-order valence-corrected chi connectivity index (χ2v) is 17.8. The fourth-order valence-corrected chi connectivity index (χ4v) is 6.89. The smallest absolute Gasteiger partial charge is 0.306 e. The molecule has 0 aliphatic rings. The van der Waals surface area contributed by atoms with E-state index in [1.807, 2.05) is 0 Å². The summed E-state index contributed by atoms with van der Waals surface area (Å²) in [5.74, 6) is -1.06. The molecule has 0 spiro atoms. The predicted octanol–water partition coefficient (Wildman–Crippen LogP) is 18.6. The highest BCUT2D eigenvalue weighted by Gasteiger charge is 2.19. The standard InChI is InChI=1S/C63H100O6/c1-4-7-10-13-16-19-22-25-28-30-31-33-36-38-41-44-47-50-53-56-62(65)68-59-60(69-63(66)57-54-51-48-45-42-39-34-27-24-21-18-15-12-9-6-3)58-67-61(64)55-52-49-46-43-40-37-35-32-29-26-23-20-17-14-11-8-5-2/h16-21,25-29,31,33-35,37-38,41-43,45-46,60H,4-15,22-24,30,32,36,39-40,44,47-59H2,1-3H3/b19-16-,20-17-,21-18-,28-25-,29-26-,33-31-,34-27-,37-35-,41-38-,45-42-,46-43-/t60-/m0/s1. The lowest BCUT2D eigenvalue weighted by Gasteiger charge is -2.18. The van der Waals surface area contributed by atoms with E-state index in [9.17, 15) is 14.4 Å². The van der Waals surface area contributed by atoms with Crippen LogP contribution in [0.5, 0.6) is 0 Å². The molecule has 0 N–H and O–H groups in total. The molecule has 0 aromatic heterocycles. The maximum Gasteiger partial charge on any atom is 0.306 e. The molecule has 6 heteroatoms. The predicted molar refractivity (Wildman–Crippen MR) is 297 cm³/mol. The lowest BCUT2D eigenvalue weighted by molar-refractivity contribution is -0.167. The van der Waals surface area contributed by atoms with Gasteiger partial charge in [0, 0.05) is 19.3 Å². The fraction of sp³-hybridized carbons (Fsp3) is 0.603. The van der Waals surface area contributed by atoms with Crippen molar-refractivity contribution in [3.05, 3.63) is 134 Å². The van der Waals surface area contributed by atoms with E-state index >= 15 is 0 Å². The van der Waals surface area contributed by atoms with Gasteiger partial charge in [0.1, 0.15) is 13.2 Å². The molecule has 0 rings (SSSR count). The molecule has 0 bridgehead atoms. The molecule has 0 aromatic rings. The van der Waals surface area contributed by atoms with Crippen molar-refractivity contribution >= 4 is 17.9 Å². The number of rotatable bonds is 48. The van der Waals surface area contributed by atoms with Gasteiger partial charge in [-0.3, -0.25) is 14.4 Å². The van der Waals surface area contributed by atoms with Gasteiger partial charge in [0.15, 0.2) is 6.10 Å². The minimum absolute atomic E-state index is 0.132. The summed E-state index contributed by atoms with van der Waals surface area (Å²) in [6, 6.07) is 0. The molecular formula is C63H100O6. The number of unbranched alkanes of at least 4 members (excludes halogenated alkanes) is 15. The van der Waals surface area contributed by atoms with Crippen molar-refractivity contribution in [1.82, 2.24) is 0 Å². The Balaban J connectivity index is 4.61. The van der Waals surface area contributed by atoms with Crippen LogP contribution in [0.3, 0.4) is 0 Å². The summed E-state index contributed by atoms with van der Waals surface area (Å²) < 4.78 is 16.7. The summed E-state index contributed by atoms with van der Waals surface area (Å²) in [7, 11) is 0. The van der Waals surface area contributed by atoms with Crippen LogP contribution in [0.4, 0.5) is 0 Å². The highest BCUT2D eigenvalue weighted by molar-refractivity contribution is 5.71. The molecule has 0 amide bonds. The van der Waals surface area contributed by atoms with Crippen LogP contribution in [0.25, 0.3) is 0 Å². The monoisotopic (exact) mass is 953 g/mol. The lowest BCUT2D eigenvalue weighted by atomic mass is 10.1. The number of hydrogen-bond donors (Lipinski definition) is 0. The number of carbonyl (C=O) groups excluding carboxylic acids is 3. The zero-order chi connectivity index (χ0) is 50.0. The van der Waals surface area contributed by atoms with Crippen molar-refractivity contribution in [2.24, 2.45) is 0 Å². The second-order valence-electron chi connectivity index (χ2n) is 17.8. The first-order valence-electron chi connectivity index (χ1n) is 27.7. The molecule has 69 heavy (non-hydrogen) atoms. The fourth-order valence-electron chi connectivity index (χ4n) is 6.89. The van der Waals surface area contributed by atoms with Crippen LogP contribution in [-0.2, 0) is 28.6 Å². The van der Waals surface area contributed by atoms with Crippen LogP contribution < -0.4 is 0 Å². The molecule has 0 saturated carbocycles. The summed E-state index contributed by atoms with van der Waals surface area (Å²) in [4.78, 5) is 38.1. The third kappa shape index (κ3) is 54.4. The van der Waals surface area contributed by atoms with E-state index in [1.165, 1.54) is 77.0 Å². The molecule has 0 heterocycles. The Bertz CT molecular complexity index is 1510. The largest absolute Gasteiger partial charge is 0.462 e. The molecule has 6 nitrogen and oxygen atoms in total. The van der Waals surface area contributed by atoms with Crippen LogP contribution in [0.1, 0.15) is 226 Å². The highest BCUT2D eigenvalue weighted by atomic mass is 16.6. The van der Waals surface area contributed by atoms with Crippen molar-refractivity contribution < 1.29 is 28.6 Å². The molecular weight excluding hydrogens is 853 g/mol. The van der Waals surface area contributed by atoms with Gasteiger partial charge in [0.25, 0.3) is 0 Å². The van der Waals surface area contributed by atoms with Crippen LogP contribution in [0.15, 0.2) is 134 Å². The number of esters is 3. The molecule has 0 unspecified atom stereocenters. The van der Waals surface area contributed by atoms with E-state index in [2.05, 4.69) is 154 Å². The van der Waals surface area contributed by atoms with Crippen LogP contribution >= 0.6 is 0 Å². The van der Waals surface area contributed by atoms with E-state index in [0.717, 1.165) is 96.3 Å². The van der Waals surface area contributed by atoms with Crippen molar-refractivity contribution in [3.63, 3.8) is 0 Å². The third-order valence-corrected chi connectivity index (χ3v) is 11.1. The number of carbonyl (C=O) groups is 3. The minimum atomic E-state index is -0.839. The molecule has 0 radical (unpaired) electrons. The first kappa shape index (κ1) is 64.5. The van der Waals surface area contributed by atoms with Crippen molar-refractivity contribution in [2.75, 3.05) is 13.2 Å². The van der Waals surface area contributed by atoms with Gasteiger partial charge in [0.2, 0.25) is 0 Å².